The minimum atomic E-state index is 0.202. The summed E-state index contributed by atoms with van der Waals surface area (Å²) in [5, 5.41) is 16.0. The van der Waals surface area contributed by atoms with E-state index < -0.39 is 0 Å². The summed E-state index contributed by atoms with van der Waals surface area (Å²) in [5.74, 6) is 1.34. The van der Waals surface area contributed by atoms with E-state index >= 15 is 0 Å². The van der Waals surface area contributed by atoms with Gasteiger partial charge in [-0.1, -0.05) is 47.6 Å². The SMILES string of the molecule is CC.CC.CCCN(CC)CCNSc1ccc(Nc2nccc(Nc3cccc(O)c3)n2)cc1. The van der Waals surface area contributed by atoms with E-state index in [-0.39, 0.29) is 5.75 Å². The fraction of sp³-hybridized carbons (Fsp3) is 0.407. The van der Waals surface area contributed by atoms with E-state index in [1.807, 2.05) is 45.9 Å². The minimum absolute atomic E-state index is 0.202. The quantitative estimate of drug-likeness (QED) is 0.156. The maximum atomic E-state index is 9.59. The van der Waals surface area contributed by atoms with Crippen molar-refractivity contribution < 1.29 is 5.11 Å². The summed E-state index contributed by atoms with van der Waals surface area (Å²) < 4.78 is 3.43. The van der Waals surface area contributed by atoms with Gasteiger partial charge in [-0.05, 0) is 73.9 Å². The highest BCUT2D eigenvalue weighted by atomic mass is 32.2. The van der Waals surface area contributed by atoms with E-state index in [9.17, 15) is 5.11 Å². The Labute approximate surface area is 215 Å². The number of anilines is 4. The van der Waals surface area contributed by atoms with Crippen molar-refractivity contribution in [2.45, 2.75) is 52.9 Å². The third-order valence-electron chi connectivity index (χ3n) is 4.59. The zero-order valence-corrected chi connectivity index (χ0v) is 22.8. The summed E-state index contributed by atoms with van der Waals surface area (Å²) in [6, 6.07) is 16.8. The van der Waals surface area contributed by atoms with Crippen LogP contribution >= 0.6 is 11.9 Å². The van der Waals surface area contributed by atoms with Crippen molar-refractivity contribution in [2.75, 3.05) is 36.8 Å². The molecule has 3 rings (SSSR count). The molecule has 0 radical (unpaired) electrons. The van der Waals surface area contributed by atoms with Gasteiger partial charge in [-0.3, -0.25) is 4.72 Å². The van der Waals surface area contributed by atoms with Gasteiger partial charge in [0, 0.05) is 41.6 Å². The molecule has 8 heteroatoms. The molecule has 0 spiro atoms. The van der Waals surface area contributed by atoms with Crippen LogP contribution < -0.4 is 15.4 Å². The number of benzene rings is 2. The van der Waals surface area contributed by atoms with Gasteiger partial charge in [0.25, 0.3) is 0 Å². The maximum Gasteiger partial charge on any atom is 0.229 e. The van der Waals surface area contributed by atoms with E-state index in [0.717, 1.165) is 42.4 Å². The van der Waals surface area contributed by atoms with E-state index in [1.54, 1.807) is 42.4 Å². The van der Waals surface area contributed by atoms with Gasteiger partial charge in [0.05, 0.1) is 0 Å². The molecule has 0 aliphatic rings. The average Bonchev–Trinajstić information content (AvgIpc) is 2.89. The summed E-state index contributed by atoms with van der Waals surface area (Å²) in [4.78, 5) is 12.4. The number of nitrogens with one attached hydrogen (secondary N) is 3. The molecule has 0 fully saturated rings. The maximum absolute atomic E-state index is 9.59. The molecule has 0 saturated carbocycles. The number of aromatic hydroxyl groups is 1. The Morgan fingerprint density at radius 2 is 1.63 bits per heavy atom. The van der Waals surface area contributed by atoms with Gasteiger partial charge < -0.3 is 20.6 Å². The third-order valence-corrected chi connectivity index (χ3v) is 5.45. The first kappa shape index (κ1) is 30.2. The van der Waals surface area contributed by atoms with Crippen molar-refractivity contribution in [3.05, 3.63) is 60.8 Å². The number of hydrogen-bond acceptors (Lipinski definition) is 8. The highest BCUT2D eigenvalue weighted by Crippen LogP contribution is 2.22. The normalized spacial score (nSPS) is 10.0. The van der Waals surface area contributed by atoms with Crippen molar-refractivity contribution in [3.63, 3.8) is 0 Å². The molecule has 35 heavy (non-hydrogen) atoms. The third kappa shape index (κ3) is 11.9. The first-order valence-corrected chi connectivity index (χ1v) is 13.4. The van der Waals surface area contributed by atoms with Gasteiger partial charge in [0.2, 0.25) is 5.95 Å². The molecule has 7 nitrogen and oxygen atoms in total. The van der Waals surface area contributed by atoms with Crippen molar-refractivity contribution in [1.82, 2.24) is 19.6 Å². The summed E-state index contributed by atoms with van der Waals surface area (Å²) >= 11 is 1.64. The average molecular weight is 499 g/mol. The molecule has 2 aromatic carbocycles. The highest BCUT2D eigenvalue weighted by molar-refractivity contribution is 7.97. The van der Waals surface area contributed by atoms with Crippen LogP contribution in [0.3, 0.4) is 0 Å². The standard InChI is InChI=1S/C23H30N6OS.2C2H6/c1-3-15-29(4-2)16-14-25-31-21-10-8-18(9-11-21)27-23-24-13-12-22(28-23)26-19-6-5-7-20(30)17-19;2*1-2/h5-13,17,25,30H,3-4,14-16H2,1-2H3,(H2,24,26,27,28);2*1-2H3. The van der Waals surface area contributed by atoms with Crippen LogP contribution in [-0.4, -0.2) is 46.2 Å². The number of phenols is 1. The number of likely N-dealkylation sites (N-methyl/N-ethyl adjacent to an activating group) is 1. The molecule has 0 unspecified atom stereocenters. The second kappa shape index (κ2) is 18.5. The topological polar surface area (TPSA) is 85.3 Å². The summed E-state index contributed by atoms with van der Waals surface area (Å²) in [5.41, 5.74) is 1.68. The second-order valence-corrected chi connectivity index (χ2v) is 7.99. The van der Waals surface area contributed by atoms with Gasteiger partial charge in [-0.2, -0.15) is 4.98 Å². The van der Waals surface area contributed by atoms with Crippen molar-refractivity contribution in [3.8, 4) is 5.75 Å². The van der Waals surface area contributed by atoms with Crippen molar-refractivity contribution >= 4 is 35.1 Å². The van der Waals surface area contributed by atoms with E-state index in [0.29, 0.717) is 11.8 Å². The van der Waals surface area contributed by atoms with Gasteiger partial charge in [0.15, 0.2) is 0 Å². The zero-order chi connectivity index (χ0) is 25.9. The molecule has 192 valence electrons. The fourth-order valence-electron chi connectivity index (χ4n) is 3.04. The minimum Gasteiger partial charge on any atom is -0.508 e. The van der Waals surface area contributed by atoms with Crippen molar-refractivity contribution in [1.29, 1.82) is 0 Å². The molecule has 0 atom stereocenters. The first-order chi connectivity index (χ1) is 17.2. The Bertz CT molecular complexity index is 939. The Morgan fingerprint density at radius 1 is 0.886 bits per heavy atom. The Balaban J connectivity index is 0.00000145. The monoisotopic (exact) mass is 498 g/mol. The summed E-state index contributed by atoms with van der Waals surface area (Å²) in [6.07, 6.45) is 2.88. The molecule has 1 heterocycles. The molecular formula is C27H42N6OS. The predicted molar refractivity (Wildman–Crippen MR) is 152 cm³/mol. The van der Waals surface area contributed by atoms with Crippen LogP contribution in [0.15, 0.2) is 65.7 Å². The second-order valence-electron chi connectivity index (χ2n) is 7.02. The Kier molecular flexibility index (Phi) is 16.0. The number of nitrogens with zero attached hydrogens (tertiary/aromatic N) is 3. The van der Waals surface area contributed by atoms with Crippen LogP contribution in [0.2, 0.25) is 0 Å². The van der Waals surface area contributed by atoms with Gasteiger partial charge in [-0.15, -0.1) is 0 Å². The smallest absolute Gasteiger partial charge is 0.229 e. The zero-order valence-electron chi connectivity index (χ0n) is 22.0. The Hall–Kier alpha value is -2.81. The van der Waals surface area contributed by atoms with Gasteiger partial charge in [-0.25, -0.2) is 4.98 Å². The highest BCUT2D eigenvalue weighted by Gasteiger charge is 2.03. The molecule has 4 N–H and O–H groups in total. The lowest BCUT2D eigenvalue weighted by Gasteiger charge is -2.19. The van der Waals surface area contributed by atoms with Crippen LogP contribution in [-0.2, 0) is 0 Å². The largest absolute Gasteiger partial charge is 0.508 e. The van der Waals surface area contributed by atoms with E-state index in [2.05, 4.69) is 56.2 Å². The molecule has 0 bridgehead atoms. The number of phenolic OH excluding ortho intramolecular Hbond substituents is 1. The van der Waals surface area contributed by atoms with Crippen LogP contribution in [0.5, 0.6) is 5.75 Å². The molecule has 0 saturated heterocycles. The first-order valence-electron chi connectivity index (χ1n) is 12.5. The van der Waals surface area contributed by atoms with Crippen LogP contribution in [0.1, 0.15) is 48.0 Å². The molecular weight excluding hydrogens is 456 g/mol. The molecule has 1 aromatic heterocycles. The van der Waals surface area contributed by atoms with Crippen LogP contribution in [0, 0.1) is 0 Å². The molecule has 3 aromatic rings. The molecule has 0 aliphatic carbocycles. The number of rotatable bonds is 12. The number of aromatic nitrogens is 2. The number of hydrogen-bond donors (Lipinski definition) is 4. The van der Waals surface area contributed by atoms with E-state index in [4.69, 9.17) is 0 Å². The van der Waals surface area contributed by atoms with Gasteiger partial charge >= 0.3 is 0 Å². The lowest BCUT2D eigenvalue weighted by molar-refractivity contribution is 0.294. The fourth-order valence-corrected chi connectivity index (χ4v) is 3.67. The van der Waals surface area contributed by atoms with Crippen molar-refractivity contribution in [2.24, 2.45) is 0 Å². The van der Waals surface area contributed by atoms with E-state index in [1.165, 1.54) is 6.42 Å². The summed E-state index contributed by atoms with van der Waals surface area (Å²) in [6.45, 7) is 16.7. The Morgan fingerprint density at radius 3 is 2.29 bits per heavy atom. The lowest BCUT2D eigenvalue weighted by Crippen LogP contribution is -2.30. The van der Waals surface area contributed by atoms with Crippen LogP contribution in [0.25, 0.3) is 0 Å². The molecule has 0 amide bonds. The lowest BCUT2D eigenvalue weighted by atomic mass is 10.3. The molecule has 0 aliphatic heterocycles. The van der Waals surface area contributed by atoms with Crippen LogP contribution in [0.4, 0.5) is 23.1 Å². The predicted octanol–water partition coefficient (Wildman–Crippen LogP) is 7.05. The summed E-state index contributed by atoms with van der Waals surface area (Å²) in [7, 11) is 0. The van der Waals surface area contributed by atoms with Gasteiger partial charge in [0.1, 0.15) is 11.6 Å².